The molecule has 0 aliphatic carbocycles. The number of hydrogen-bond acceptors (Lipinski definition) is 4. The number of Topliss-reactive ketones (excluding diaryl/α,β-unsaturated/α-hetero) is 1. The van der Waals surface area contributed by atoms with E-state index in [2.05, 4.69) is 0 Å². The van der Waals surface area contributed by atoms with Gasteiger partial charge < -0.3 is 14.9 Å². The number of rotatable bonds is 3. The molecule has 1 unspecified atom stereocenters. The summed E-state index contributed by atoms with van der Waals surface area (Å²) in [6.07, 6.45) is 0.503. The summed E-state index contributed by atoms with van der Waals surface area (Å²) < 4.78 is 5.02. The summed E-state index contributed by atoms with van der Waals surface area (Å²) >= 11 is 0. The molecule has 1 fully saturated rings. The van der Waals surface area contributed by atoms with Gasteiger partial charge in [-0.15, -0.1) is 0 Å². The fraction of sp³-hybridized carbons (Fsp3) is 0.364. The van der Waals surface area contributed by atoms with E-state index in [1.54, 1.807) is 0 Å². The van der Waals surface area contributed by atoms with Crippen LogP contribution in [0.5, 0.6) is 11.5 Å². The van der Waals surface area contributed by atoms with Crippen LogP contribution in [0, 0.1) is 0 Å². The number of aromatic hydroxyl groups is 2. The second-order valence-corrected chi connectivity index (χ2v) is 3.68. The van der Waals surface area contributed by atoms with Gasteiger partial charge in [0.05, 0.1) is 18.3 Å². The van der Waals surface area contributed by atoms with Crippen molar-refractivity contribution in [1.29, 1.82) is 0 Å². The van der Waals surface area contributed by atoms with Crippen molar-refractivity contribution >= 4 is 5.78 Å². The summed E-state index contributed by atoms with van der Waals surface area (Å²) in [6.45, 7) is 2.02. The first-order valence-electron chi connectivity index (χ1n) is 4.76. The maximum atomic E-state index is 11.2. The van der Waals surface area contributed by atoms with Gasteiger partial charge in [0, 0.05) is 12.0 Å². The SMILES string of the molecule is CC(=O)c1ccc(O)c(CC2CO2)c1O. The minimum absolute atomic E-state index is 0.00741. The van der Waals surface area contributed by atoms with Crippen LogP contribution in [0.1, 0.15) is 22.8 Å². The van der Waals surface area contributed by atoms with Crippen molar-refractivity contribution in [2.75, 3.05) is 6.61 Å². The van der Waals surface area contributed by atoms with E-state index >= 15 is 0 Å². The van der Waals surface area contributed by atoms with Crippen molar-refractivity contribution < 1.29 is 19.7 Å². The van der Waals surface area contributed by atoms with Gasteiger partial charge in [0.15, 0.2) is 5.78 Å². The molecule has 4 heteroatoms. The summed E-state index contributed by atoms with van der Waals surface area (Å²) in [7, 11) is 0. The van der Waals surface area contributed by atoms with Crippen LogP contribution in [0.4, 0.5) is 0 Å². The molecule has 0 bridgehead atoms. The van der Waals surface area contributed by atoms with Gasteiger partial charge >= 0.3 is 0 Å². The smallest absolute Gasteiger partial charge is 0.163 e. The van der Waals surface area contributed by atoms with E-state index in [0.29, 0.717) is 18.6 Å². The van der Waals surface area contributed by atoms with E-state index < -0.39 is 0 Å². The molecule has 1 heterocycles. The second-order valence-electron chi connectivity index (χ2n) is 3.68. The van der Waals surface area contributed by atoms with E-state index in [0.717, 1.165) is 0 Å². The third-order valence-electron chi connectivity index (χ3n) is 2.47. The Kier molecular flexibility index (Phi) is 2.36. The topological polar surface area (TPSA) is 70.1 Å². The van der Waals surface area contributed by atoms with Gasteiger partial charge in [-0.2, -0.15) is 0 Å². The first kappa shape index (κ1) is 9.98. The molecule has 2 N–H and O–H groups in total. The lowest BCUT2D eigenvalue weighted by atomic mass is 10.0. The standard InChI is InChI=1S/C11H12O4/c1-6(12)8-2-3-10(13)9(11(8)14)4-7-5-15-7/h2-3,7,13-14H,4-5H2,1H3. The predicted molar refractivity (Wildman–Crippen MR) is 53.2 cm³/mol. The Hall–Kier alpha value is -1.55. The fourth-order valence-corrected chi connectivity index (χ4v) is 1.52. The molecule has 0 spiro atoms. The van der Waals surface area contributed by atoms with Crippen molar-refractivity contribution in [2.45, 2.75) is 19.4 Å². The summed E-state index contributed by atoms with van der Waals surface area (Å²) in [6, 6.07) is 2.85. The molecule has 1 atom stereocenters. The Labute approximate surface area is 87.1 Å². The van der Waals surface area contributed by atoms with Gasteiger partial charge in [-0.05, 0) is 19.1 Å². The Morgan fingerprint density at radius 1 is 1.53 bits per heavy atom. The molecule has 15 heavy (non-hydrogen) atoms. The minimum atomic E-state index is -0.217. The number of ketones is 1. The van der Waals surface area contributed by atoms with Crippen molar-refractivity contribution in [3.05, 3.63) is 23.3 Å². The summed E-state index contributed by atoms with van der Waals surface area (Å²) in [5, 5.41) is 19.3. The third kappa shape index (κ3) is 1.94. The van der Waals surface area contributed by atoms with E-state index in [1.165, 1.54) is 19.1 Å². The second kappa shape index (κ2) is 3.55. The highest BCUT2D eigenvalue weighted by molar-refractivity contribution is 5.97. The van der Waals surface area contributed by atoms with Gasteiger partial charge in [0.25, 0.3) is 0 Å². The Bertz CT molecular complexity index is 407. The van der Waals surface area contributed by atoms with E-state index in [4.69, 9.17) is 4.74 Å². The number of benzene rings is 1. The minimum Gasteiger partial charge on any atom is -0.508 e. The van der Waals surface area contributed by atoms with Crippen LogP contribution in [0.25, 0.3) is 0 Å². The lowest BCUT2D eigenvalue weighted by molar-refractivity contribution is 0.101. The normalized spacial score (nSPS) is 18.9. The molecule has 0 saturated carbocycles. The molecule has 1 aliphatic heterocycles. The number of carbonyl (C=O) groups is 1. The largest absolute Gasteiger partial charge is 0.508 e. The number of hydrogen-bond donors (Lipinski definition) is 2. The highest BCUT2D eigenvalue weighted by Crippen LogP contribution is 2.33. The van der Waals surface area contributed by atoms with Crippen molar-refractivity contribution in [3.63, 3.8) is 0 Å². The van der Waals surface area contributed by atoms with Crippen LogP contribution < -0.4 is 0 Å². The Morgan fingerprint density at radius 3 is 2.73 bits per heavy atom. The Morgan fingerprint density at radius 2 is 2.20 bits per heavy atom. The highest BCUT2D eigenvalue weighted by Gasteiger charge is 2.26. The molecule has 1 saturated heterocycles. The summed E-state index contributed by atoms with van der Waals surface area (Å²) in [5.41, 5.74) is 0.633. The summed E-state index contributed by atoms with van der Waals surface area (Å²) in [4.78, 5) is 11.2. The average molecular weight is 208 g/mol. The molecule has 4 nitrogen and oxygen atoms in total. The lowest BCUT2D eigenvalue weighted by Crippen LogP contribution is -1.99. The zero-order valence-corrected chi connectivity index (χ0v) is 8.36. The lowest BCUT2D eigenvalue weighted by Gasteiger charge is -2.08. The average Bonchev–Trinajstić information content (AvgIpc) is 2.95. The molecule has 0 aromatic heterocycles. The van der Waals surface area contributed by atoms with Crippen LogP contribution in [0.3, 0.4) is 0 Å². The zero-order valence-electron chi connectivity index (χ0n) is 8.36. The first-order valence-corrected chi connectivity index (χ1v) is 4.76. The first-order chi connectivity index (χ1) is 7.09. The Balaban J connectivity index is 2.40. The molecule has 1 aliphatic rings. The van der Waals surface area contributed by atoms with E-state index in [9.17, 15) is 15.0 Å². The molecule has 2 rings (SSSR count). The molecule has 0 amide bonds. The van der Waals surface area contributed by atoms with Crippen molar-refractivity contribution in [2.24, 2.45) is 0 Å². The summed E-state index contributed by atoms with van der Waals surface area (Å²) in [5.74, 6) is -0.337. The van der Waals surface area contributed by atoms with Crippen LogP contribution in [0.15, 0.2) is 12.1 Å². The van der Waals surface area contributed by atoms with Gasteiger partial charge in [-0.25, -0.2) is 0 Å². The molecule has 80 valence electrons. The van der Waals surface area contributed by atoms with Gasteiger partial charge in [0.1, 0.15) is 11.5 Å². The van der Waals surface area contributed by atoms with Crippen molar-refractivity contribution in [3.8, 4) is 11.5 Å². The zero-order chi connectivity index (χ0) is 11.0. The highest BCUT2D eigenvalue weighted by atomic mass is 16.6. The van der Waals surface area contributed by atoms with Gasteiger partial charge in [-0.3, -0.25) is 4.79 Å². The maximum absolute atomic E-state index is 11.2. The molecule has 1 aromatic rings. The van der Waals surface area contributed by atoms with Gasteiger partial charge in [0.2, 0.25) is 0 Å². The maximum Gasteiger partial charge on any atom is 0.163 e. The third-order valence-corrected chi connectivity index (χ3v) is 2.47. The van der Waals surface area contributed by atoms with Crippen LogP contribution >= 0.6 is 0 Å². The number of phenolic OH excluding ortho intramolecular Hbond substituents is 2. The number of carbonyl (C=O) groups excluding carboxylic acids is 1. The number of phenols is 2. The molecular formula is C11H12O4. The predicted octanol–water partition coefficient (Wildman–Crippen LogP) is 1.24. The van der Waals surface area contributed by atoms with Crippen LogP contribution in [0.2, 0.25) is 0 Å². The quantitative estimate of drug-likeness (QED) is 0.579. The molecular weight excluding hydrogens is 196 g/mol. The monoisotopic (exact) mass is 208 g/mol. The fourth-order valence-electron chi connectivity index (χ4n) is 1.52. The van der Waals surface area contributed by atoms with E-state index in [-0.39, 0.29) is 28.9 Å². The number of epoxide rings is 1. The molecule has 0 radical (unpaired) electrons. The molecule has 1 aromatic carbocycles. The van der Waals surface area contributed by atoms with Gasteiger partial charge in [-0.1, -0.05) is 0 Å². The number of ether oxygens (including phenoxy) is 1. The van der Waals surface area contributed by atoms with Crippen LogP contribution in [-0.2, 0) is 11.2 Å². The van der Waals surface area contributed by atoms with Crippen LogP contribution in [-0.4, -0.2) is 28.7 Å². The van der Waals surface area contributed by atoms with E-state index in [1.807, 2.05) is 0 Å². The van der Waals surface area contributed by atoms with Crippen molar-refractivity contribution in [1.82, 2.24) is 0 Å².